The Hall–Kier alpha value is -10.9. The van der Waals surface area contributed by atoms with Crippen molar-refractivity contribution in [2.75, 3.05) is 14.7 Å². The second-order valence-corrected chi connectivity index (χ2v) is 20.6. The Morgan fingerprint density at radius 3 is 0.744 bits per heavy atom. The lowest BCUT2D eigenvalue weighted by Crippen LogP contribution is -2.16. The van der Waals surface area contributed by atoms with Crippen LogP contribution in [0, 0.1) is 0 Å². The van der Waals surface area contributed by atoms with Crippen LogP contribution in [0.2, 0.25) is 0 Å². The second-order valence-electron chi connectivity index (χ2n) is 20.6. The number of anilines is 9. The zero-order chi connectivity index (χ0) is 54.6. The van der Waals surface area contributed by atoms with E-state index in [1.54, 1.807) is 0 Å². The third kappa shape index (κ3) is 9.98. The number of furan rings is 1. The standard InChI is InChI=1S/C78H55N3O/c1-6-18-56(19-7-1)60-30-41-68(42-31-60)80(69-43-32-61(33-44-69)57-20-8-2-9-21-57)73-53-72(79(66-26-14-5-15-27-66)67-49-38-64(39-50-67)65-40-51-78-76(52-65)75-28-16-17-29-77(75)82-78)54-74(55-73)81(70-45-34-62(35-46-70)58-22-10-3-11-23-58)71-47-36-63(37-48-71)59-24-12-4-13-25-59/h1-55H. The van der Waals surface area contributed by atoms with Gasteiger partial charge in [-0.2, -0.15) is 0 Å². The third-order valence-corrected chi connectivity index (χ3v) is 15.4. The highest BCUT2D eigenvalue weighted by Crippen LogP contribution is 2.47. The maximum Gasteiger partial charge on any atom is 0.135 e. The Balaban J connectivity index is 0.976. The first-order valence-corrected chi connectivity index (χ1v) is 27.9. The molecule has 0 N–H and O–H groups in total. The molecule has 0 radical (unpaired) electrons. The molecule has 0 aliphatic heterocycles. The van der Waals surface area contributed by atoms with Crippen molar-refractivity contribution >= 4 is 73.1 Å². The molecule has 1 aromatic heterocycles. The van der Waals surface area contributed by atoms with Crippen LogP contribution in [0.3, 0.4) is 0 Å². The van der Waals surface area contributed by atoms with E-state index in [-0.39, 0.29) is 0 Å². The van der Waals surface area contributed by atoms with Gasteiger partial charge in [-0.15, -0.1) is 0 Å². The molecule has 14 rings (SSSR count). The minimum absolute atomic E-state index is 0.883. The van der Waals surface area contributed by atoms with Crippen molar-refractivity contribution in [3.63, 3.8) is 0 Å². The molecular formula is C78H55N3O. The summed E-state index contributed by atoms with van der Waals surface area (Å²) in [4.78, 5) is 7.18. The molecule has 0 fully saturated rings. The number of nitrogens with zero attached hydrogens (tertiary/aromatic N) is 3. The van der Waals surface area contributed by atoms with Crippen molar-refractivity contribution in [2.24, 2.45) is 0 Å². The van der Waals surface area contributed by atoms with Gasteiger partial charge in [0.05, 0.1) is 17.1 Å². The Kier molecular flexibility index (Phi) is 13.3. The largest absolute Gasteiger partial charge is 0.456 e. The van der Waals surface area contributed by atoms with Crippen LogP contribution >= 0.6 is 0 Å². The average molecular weight is 1050 g/mol. The fourth-order valence-corrected chi connectivity index (χ4v) is 11.3. The van der Waals surface area contributed by atoms with E-state index in [9.17, 15) is 0 Å². The highest BCUT2D eigenvalue weighted by Gasteiger charge is 2.23. The maximum atomic E-state index is 6.24. The Bertz CT molecular complexity index is 4080. The van der Waals surface area contributed by atoms with E-state index in [1.165, 1.54) is 22.3 Å². The van der Waals surface area contributed by atoms with Gasteiger partial charge in [0.15, 0.2) is 0 Å². The quantitative estimate of drug-likeness (QED) is 0.108. The lowest BCUT2D eigenvalue weighted by molar-refractivity contribution is 0.669. The van der Waals surface area contributed by atoms with Gasteiger partial charge < -0.3 is 19.1 Å². The Labute approximate surface area is 478 Å². The van der Waals surface area contributed by atoms with Crippen molar-refractivity contribution in [1.29, 1.82) is 0 Å². The summed E-state index contributed by atoms with van der Waals surface area (Å²) >= 11 is 0. The summed E-state index contributed by atoms with van der Waals surface area (Å²) in [5.74, 6) is 0. The van der Waals surface area contributed by atoms with Crippen molar-refractivity contribution in [3.8, 4) is 55.6 Å². The van der Waals surface area contributed by atoms with Crippen LogP contribution in [-0.4, -0.2) is 0 Å². The molecule has 0 bridgehead atoms. The van der Waals surface area contributed by atoms with Crippen LogP contribution in [0.15, 0.2) is 338 Å². The topological polar surface area (TPSA) is 22.9 Å². The van der Waals surface area contributed by atoms with Crippen LogP contribution in [0.4, 0.5) is 51.2 Å². The molecular weight excluding hydrogens is 995 g/mol. The van der Waals surface area contributed by atoms with Gasteiger partial charge in [-0.05, 0) is 165 Å². The van der Waals surface area contributed by atoms with Crippen molar-refractivity contribution < 1.29 is 4.42 Å². The summed E-state index contributed by atoms with van der Waals surface area (Å²) < 4.78 is 6.24. The normalized spacial score (nSPS) is 11.2. The number of fused-ring (bicyclic) bond motifs is 3. The second kappa shape index (κ2) is 22.1. The van der Waals surface area contributed by atoms with Crippen LogP contribution in [-0.2, 0) is 0 Å². The summed E-state index contributed by atoms with van der Waals surface area (Å²) in [6, 6.07) is 120. The highest BCUT2D eigenvalue weighted by atomic mass is 16.3. The zero-order valence-corrected chi connectivity index (χ0v) is 45.0. The van der Waals surface area contributed by atoms with Crippen LogP contribution in [0.5, 0.6) is 0 Å². The predicted molar refractivity (Wildman–Crippen MR) is 345 cm³/mol. The van der Waals surface area contributed by atoms with Crippen molar-refractivity contribution in [3.05, 3.63) is 334 Å². The summed E-state index contributed by atoms with van der Waals surface area (Å²) in [6.45, 7) is 0. The molecule has 13 aromatic carbocycles. The minimum Gasteiger partial charge on any atom is -0.456 e. The van der Waals surface area contributed by atoms with Crippen LogP contribution in [0.1, 0.15) is 0 Å². The first-order valence-electron chi connectivity index (χ1n) is 27.9. The lowest BCUT2D eigenvalue weighted by atomic mass is 10.0. The molecule has 14 aromatic rings. The minimum atomic E-state index is 0.883. The Morgan fingerprint density at radius 2 is 0.402 bits per heavy atom. The molecule has 82 heavy (non-hydrogen) atoms. The number of para-hydroxylation sites is 2. The molecule has 388 valence electrons. The number of benzene rings is 13. The van der Waals surface area contributed by atoms with E-state index >= 15 is 0 Å². The van der Waals surface area contributed by atoms with E-state index in [1.807, 2.05) is 12.1 Å². The van der Waals surface area contributed by atoms with Gasteiger partial charge >= 0.3 is 0 Å². The zero-order valence-electron chi connectivity index (χ0n) is 45.0. The molecule has 0 amide bonds. The van der Waals surface area contributed by atoms with Gasteiger partial charge in [-0.25, -0.2) is 0 Å². The number of hydrogen-bond acceptors (Lipinski definition) is 4. The van der Waals surface area contributed by atoms with Gasteiger partial charge in [0.1, 0.15) is 11.2 Å². The van der Waals surface area contributed by atoms with Gasteiger partial charge in [-0.1, -0.05) is 224 Å². The molecule has 0 spiro atoms. The molecule has 0 saturated heterocycles. The first-order chi connectivity index (χ1) is 40.6. The number of hydrogen-bond donors (Lipinski definition) is 0. The lowest BCUT2D eigenvalue weighted by Gasteiger charge is -2.33. The van der Waals surface area contributed by atoms with Gasteiger partial charge in [0.2, 0.25) is 0 Å². The molecule has 0 atom stereocenters. The maximum absolute atomic E-state index is 6.24. The molecule has 4 heteroatoms. The predicted octanol–water partition coefficient (Wildman–Crippen LogP) is 22.3. The van der Waals surface area contributed by atoms with Gasteiger partial charge in [0, 0.05) is 44.9 Å². The molecule has 0 aliphatic carbocycles. The summed E-state index contributed by atoms with van der Waals surface area (Å²) in [6.07, 6.45) is 0. The third-order valence-electron chi connectivity index (χ3n) is 15.4. The van der Waals surface area contributed by atoms with Crippen LogP contribution in [0.25, 0.3) is 77.6 Å². The summed E-state index contributed by atoms with van der Waals surface area (Å²) in [7, 11) is 0. The fourth-order valence-electron chi connectivity index (χ4n) is 11.3. The molecule has 0 unspecified atom stereocenters. The molecule has 4 nitrogen and oxygen atoms in total. The monoisotopic (exact) mass is 1050 g/mol. The van der Waals surface area contributed by atoms with E-state index < -0.39 is 0 Å². The average Bonchev–Trinajstić information content (AvgIpc) is 3.93. The van der Waals surface area contributed by atoms with E-state index in [4.69, 9.17) is 4.42 Å². The van der Waals surface area contributed by atoms with Crippen LogP contribution < -0.4 is 14.7 Å². The fraction of sp³-hybridized carbons (Fsp3) is 0. The van der Waals surface area contributed by atoms with E-state index in [2.05, 4.69) is 336 Å². The summed E-state index contributed by atoms with van der Waals surface area (Å²) in [5, 5.41) is 2.22. The Morgan fingerprint density at radius 1 is 0.159 bits per heavy atom. The van der Waals surface area contributed by atoms with E-state index in [0.717, 1.165) is 107 Å². The highest BCUT2D eigenvalue weighted by molar-refractivity contribution is 6.06. The van der Waals surface area contributed by atoms with Crippen molar-refractivity contribution in [2.45, 2.75) is 0 Å². The molecule has 1 heterocycles. The van der Waals surface area contributed by atoms with Crippen molar-refractivity contribution in [1.82, 2.24) is 0 Å². The summed E-state index contributed by atoms with van der Waals surface area (Å²) in [5.41, 5.74) is 22.4. The van der Waals surface area contributed by atoms with Gasteiger partial charge in [-0.3, -0.25) is 0 Å². The molecule has 0 saturated carbocycles. The molecule has 0 aliphatic rings. The first kappa shape index (κ1) is 49.4. The van der Waals surface area contributed by atoms with E-state index in [0.29, 0.717) is 0 Å². The smallest absolute Gasteiger partial charge is 0.135 e. The number of rotatable bonds is 14. The van der Waals surface area contributed by atoms with Gasteiger partial charge in [0.25, 0.3) is 0 Å². The SMILES string of the molecule is c1ccc(-c2ccc(N(c3ccc(-c4ccccc4)cc3)c3cc(N(c4ccccc4)c4ccc(-c5ccc6oc7ccccc7c6c5)cc4)cc(N(c4ccc(-c5ccccc5)cc4)c4ccc(-c5ccccc5)cc4)c3)cc2)cc1.